The topological polar surface area (TPSA) is 58.6 Å². The molecule has 0 aromatic heterocycles. The van der Waals surface area contributed by atoms with Gasteiger partial charge < -0.3 is 15.0 Å². The van der Waals surface area contributed by atoms with Crippen molar-refractivity contribution in [1.82, 2.24) is 10.2 Å². The molecule has 0 aliphatic heterocycles. The predicted octanol–water partition coefficient (Wildman–Crippen LogP) is 6.22. The zero-order valence-electron chi connectivity index (χ0n) is 20.1. The van der Waals surface area contributed by atoms with Crippen molar-refractivity contribution < 1.29 is 14.3 Å². The summed E-state index contributed by atoms with van der Waals surface area (Å²) >= 11 is 6.99. The molecule has 2 aromatic carbocycles. The molecule has 180 valence electrons. The van der Waals surface area contributed by atoms with Crippen LogP contribution in [-0.2, 0) is 21.5 Å². The Labute approximate surface area is 214 Å². The second-order valence-electron chi connectivity index (χ2n) is 9.15. The highest BCUT2D eigenvalue weighted by atomic mass is 79.9. The molecule has 2 amide bonds. The number of carbonyl (C=O) groups is 2. The third kappa shape index (κ3) is 8.45. The van der Waals surface area contributed by atoms with Gasteiger partial charge in [-0.05, 0) is 70.1 Å². The van der Waals surface area contributed by atoms with Crippen molar-refractivity contribution in [1.29, 1.82) is 0 Å². The average Bonchev–Trinajstić information content (AvgIpc) is 2.76. The van der Waals surface area contributed by atoms with Crippen LogP contribution >= 0.6 is 31.9 Å². The highest BCUT2D eigenvalue weighted by molar-refractivity contribution is 9.10. The van der Waals surface area contributed by atoms with Crippen molar-refractivity contribution in [2.45, 2.75) is 65.5 Å². The zero-order valence-corrected chi connectivity index (χ0v) is 23.3. The summed E-state index contributed by atoms with van der Waals surface area (Å²) in [4.78, 5) is 27.5. The van der Waals surface area contributed by atoms with Crippen LogP contribution in [0.1, 0.15) is 58.6 Å². The van der Waals surface area contributed by atoms with Crippen LogP contribution in [0.25, 0.3) is 0 Å². The number of nitrogens with one attached hydrogen (secondary N) is 1. The van der Waals surface area contributed by atoms with Crippen molar-refractivity contribution in [3.8, 4) is 5.75 Å². The summed E-state index contributed by atoms with van der Waals surface area (Å²) in [5.41, 5.74) is 2.12. The van der Waals surface area contributed by atoms with E-state index in [2.05, 4.69) is 64.9 Å². The summed E-state index contributed by atoms with van der Waals surface area (Å²) in [7, 11) is 0. The van der Waals surface area contributed by atoms with Crippen molar-refractivity contribution in [3.63, 3.8) is 0 Å². The lowest BCUT2D eigenvalue weighted by Crippen LogP contribution is -2.49. The van der Waals surface area contributed by atoms with E-state index in [1.165, 1.54) is 5.56 Å². The number of amides is 2. The lowest BCUT2D eigenvalue weighted by atomic mass is 9.87. The Morgan fingerprint density at radius 2 is 1.76 bits per heavy atom. The number of nitrogens with zero attached hydrogens (tertiary/aromatic N) is 1. The van der Waals surface area contributed by atoms with E-state index in [9.17, 15) is 9.59 Å². The van der Waals surface area contributed by atoms with Crippen LogP contribution in [0.15, 0.2) is 51.4 Å². The van der Waals surface area contributed by atoms with Crippen LogP contribution in [0, 0.1) is 0 Å². The molecule has 0 saturated heterocycles. The standard InChI is InChI=1S/C26H34Br2N2O3/c1-6-7-14-29-25(32)18(2)30(16-19-8-11-21(27)12-9-19)24(31)17-33-23-13-10-20(15-22(23)28)26(3,4)5/h8-13,15,18H,6-7,14,16-17H2,1-5H3,(H,29,32). The predicted molar refractivity (Wildman–Crippen MR) is 140 cm³/mol. The number of hydrogen-bond acceptors (Lipinski definition) is 3. The average molecular weight is 582 g/mol. The van der Waals surface area contributed by atoms with Crippen molar-refractivity contribution in [3.05, 3.63) is 62.5 Å². The molecule has 7 heteroatoms. The second kappa shape index (κ2) is 12.6. The van der Waals surface area contributed by atoms with Crippen LogP contribution in [0.4, 0.5) is 0 Å². The SMILES string of the molecule is CCCCNC(=O)C(C)N(Cc1ccc(Br)cc1)C(=O)COc1ccc(C(C)(C)C)cc1Br. The van der Waals surface area contributed by atoms with E-state index >= 15 is 0 Å². The smallest absolute Gasteiger partial charge is 0.261 e. The van der Waals surface area contributed by atoms with E-state index in [1.54, 1.807) is 11.8 Å². The van der Waals surface area contributed by atoms with Crippen molar-refractivity contribution in [2.24, 2.45) is 0 Å². The molecule has 5 nitrogen and oxygen atoms in total. The first-order valence-electron chi connectivity index (χ1n) is 11.3. The Bertz CT molecular complexity index is 940. The van der Waals surface area contributed by atoms with Gasteiger partial charge in [0.2, 0.25) is 5.91 Å². The molecular formula is C26H34Br2N2O3. The number of carbonyl (C=O) groups excluding carboxylic acids is 2. The summed E-state index contributed by atoms with van der Waals surface area (Å²) in [6.07, 6.45) is 1.90. The Kier molecular flexibility index (Phi) is 10.4. The quantitative estimate of drug-likeness (QED) is 0.339. The lowest BCUT2D eigenvalue weighted by Gasteiger charge is -2.29. The maximum Gasteiger partial charge on any atom is 0.261 e. The van der Waals surface area contributed by atoms with Crippen molar-refractivity contribution >= 4 is 43.7 Å². The van der Waals surface area contributed by atoms with Gasteiger partial charge in [-0.2, -0.15) is 0 Å². The summed E-state index contributed by atoms with van der Waals surface area (Å²) in [6, 6.07) is 13.0. The van der Waals surface area contributed by atoms with Gasteiger partial charge in [0.05, 0.1) is 4.47 Å². The number of halogens is 2. The van der Waals surface area contributed by atoms with Gasteiger partial charge in [-0.1, -0.05) is 68.2 Å². The number of hydrogen-bond donors (Lipinski definition) is 1. The van der Waals surface area contributed by atoms with Gasteiger partial charge in [0, 0.05) is 17.6 Å². The van der Waals surface area contributed by atoms with E-state index in [1.807, 2.05) is 42.5 Å². The molecule has 0 spiro atoms. The molecule has 0 heterocycles. The van der Waals surface area contributed by atoms with E-state index in [0.29, 0.717) is 18.8 Å². The molecule has 1 atom stereocenters. The van der Waals surface area contributed by atoms with Crippen molar-refractivity contribution in [2.75, 3.05) is 13.2 Å². The molecule has 2 aromatic rings. The molecule has 1 unspecified atom stereocenters. The Hall–Kier alpha value is -1.86. The van der Waals surface area contributed by atoms with Crippen LogP contribution in [0.5, 0.6) is 5.75 Å². The molecule has 0 aliphatic carbocycles. The molecule has 1 N–H and O–H groups in total. The van der Waals surface area contributed by atoms with Gasteiger partial charge in [-0.3, -0.25) is 9.59 Å². The first-order chi connectivity index (χ1) is 15.5. The molecule has 0 aliphatic rings. The molecule has 0 saturated carbocycles. The van der Waals surface area contributed by atoms with Crippen LogP contribution in [0.3, 0.4) is 0 Å². The summed E-state index contributed by atoms with van der Waals surface area (Å²) in [5, 5.41) is 2.93. The molecule has 0 radical (unpaired) electrons. The van der Waals surface area contributed by atoms with E-state index in [-0.39, 0.29) is 23.8 Å². The minimum atomic E-state index is -0.617. The highest BCUT2D eigenvalue weighted by Crippen LogP contribution is 2.31. The first-order valence-corrected chi connectivity index (χ1v) is 12.9. The van der Waals surface area contributed by atoms with Gasteiger partial charge in [0.1, 0.15) is 11.8 Å². The maximum absolute atomic E-state index is 13.2. The minimum absolute atomic E-state index is 0.0128. The molecular weight excluding hydrogens is 548 g/mol. The summed E-state index contributed by atoms with van der Waals surface area (Å²) in [6.45, 7) is 11.0. The number of ether oxygens (including phenoxy) is 1. The first kappa shape index (κ1) is 27.4. The Morgan fingerprint density at radius 3 is 2.33 bits per heavy atom. The van der Waals surface area contributed by atoms with Crippen LogP contribution < -0.4 is 10.1 Å². The van der Waals surface area contributed by atoms with Gasteiger partial charge in [0.25, 0.3) is 5.91 Å². The fourth-order valence-electron chi connectivity index (χ4n) is 3.21. The number of benzene rings is 2. The van der Waals surface area contributed by atoms with E-state index < -0.39 is 6.04 Å². The second-order valence-corrected chi connectivity index (χ2v) is 10.9. The molecule has 0 fully saturated rings. The third-order valence-corrected chi connectivity index (χ3v) is 6.56. The lowest BCUT2D eigenvalue weighted by molar-refractivity contribution is -0.142. The minimum Gasteiger partial charge on any atom is -0.483 e. The molecule has 2 rings (SSSR count). The number of unbranched alkanes of at least 4 members (excludes halogenated alkanes) is 1. The number of rotatable bonds is 10. The fourth-order valence-corrected chi connectivity index (χ4v) is 3.97. The van der Waals surface area contributed by atoms with E-state index in [4.69, 9.17) is 4.74 Å². The largest absolute Gasteiger partial charge is 0.483 e. The van der Waals surface area contributed by atoms with Crippen LogP contribution in [0.2, 0.25) is 0 Å². The summed E-state index contributed by atoms with van der Waals surface area (Å²) < 4.78 is 7.61. The maximum atomic E-state index is 13.2. The monoisotopic (exact) mass is 580 g/mol. The zero-order chi connectivity index (χ0) is 24.6. The summed E-state index contributed by atoms with van der Waals surface area (Å²) in [5.74, 6) is 0.187. The molecule has 0 bridgehead atoms. The normalized spacial score (nSPS) is 12.2. The van der Waals surface area contributed by atoms with E-state index in [0.717, 1.165) is 27.4 Å². The highest BCUT2D eigenvalue weighted by Gasteiger charge is 2.26. The fraction of sp³-hybridized carbons (Fsp3) is 0.462. The van der Waals surface area contributed by atoms with Gasteiger partial charge in [-0.25, -0.2) is 0 Å². The Balaban J connectivity index is 2.15. The molecule has 33 heavy (non-hydrogen) atoms. The third-order valence-electron chi connectivity index (χ3n) is 5.41. The van der Waals surface area contributed by atoms with Gasteiger partial charge in [0.15, 0.2) is 6.61 Å². The van der Waals surface area contributed by atoms with Gasteiger partial charge >= 0.3 is 0 Å². The van der Waals surface area contributed by atoms with Crippen LogP contribution in [-0.4, -0.2) is 35.9 Å². The Morgan fingerprint density at radius 1 is 1.09 bits per heavy atom. The van der Waals surface area contributed by atoms with Gasteiger partial charge in [-0.15, -0.1) is 0 Å².